The molecule has 1 aliphatic heterocycles. The first-order valence-corrected chi connectivity index (χ1v) is 9.18. The van der Waals surface area contributed by atoms with Crippen molar-refractivity contribution in [1.29, 1.82) is 0 Å². The van der Waals surface area contributed by atoms with E-state index in [9.17, 15) is 4.79 Å². The summed E-state index contributed by atoms with van der Waals surface area (Å²) >= 11 is 0. The molecule has 7 heteroatoms. The van der Waals surface area contributed by atoms with E-state index in [1.165, 1.54) is 0 Å². The van der Waals surface area contributed by atoms with Gasteiger partial charge >= 0.3 is 5.97 Å². The van der Waals surface area contributed by atoms with Crippen LogP contribution < -0.4 is 0 Å². The van der Waals surface area contributed by atoms with Crippen LogP contribution >= 0.6 is 0 Å². The van der Waals surface area contributed by atoms with E-state index in [-0.39, 0.29) is 19.2 Å². The number of carbonyl (C=O) groups is 1. The van der Waals surface area contributed by atoms with E-state index < -0.39 is 23.9 Å². The van der Waals surface area contributed by atoms with Gasteiger partial charge in [-0.2, -0.15) is 0 Å². The summed E-state index contributed by atoms with van der Waals surface area (Å²) in [6.07, 6.45) is -0.689. The summed E-state index contributed by atoms with van der Waals surface area (Å²) in [6.45, 7) is 8.00. The molecular formula is C20H29NO6. The maximum atomic E-state index is 12.8. The van der Waals surface area contributed by atoms with Crippen LogP contribution in [0.15, 0.2) is 35.5 Å². The molecule has 0 fully saturated rings. The average molecular weight is 379 g/mol. The summed E-state index contributed by atoms with van der Waals surface area (Å²) in [5.74, 6) is -2.27. The van der Waals surface area contributed by atoms with Crippen molar-refractivity contribution in [2.24, 2.45) is 11.1 Å². The number of benzene rings is 1. The monoisotopic (exact) mass is 379 g/mol. The third-order valence-corrected chi connectivity index (χ3v) is 4.40. The smallest absolute Gasteiger partial charge is 0.315 e. The first kappa shape index (κ1) is 21.3. The van der Waals surface area contributed by atoms with Crippen LogP contribution in [0.25, 0.3) is 0 Å². The van der Waals surface area contributed by atoms with E-state index >= 15 is 0 Å². The van der Waals surface area contributed by atoms with Crippen LogP contribution in [0.3, 0.4) is 0 Å². The summed E-state index contributed by atoms with van der Waals surface area (Å²) in [6, 6.07) is 9.62. The normalized spacial score (nSPS) is 22.7. The van der Waals surface area contributed by atoms with Gasteiger partial charge in [-0.3, -0.25) is 4.79 Å². The summed E-state index contributed by atoms with van der Waals surface area (Å²) in [5.41, 5.74) is 1.36. The number of hydrogen-bond donors (Lipinski definition) is 0. The van der Waals surface area contributed by atoms with Gasteiger partial charge in [0.2, 0.25) is 6.29 Å². The lowest BCUT2D eigenvalue weighted by molar-refractivity contribution is -0.194. The molecule has 0 spiro atoms. The Morgan fingerprint density at radius 1 is 1.19 bits per heavy atom. The molecule has 1 aliphatic rings. The molecule has 0 bridgehead atoms. The average Bonchev–Trinajstić information content (AvgIpc) is 2.67. The minimum atomic E-state index is -0.819. The van der Waals surface area contributed by atoms with Crippen LogP contribution in [0.5, 0.6) is 0 Å². The van der Waals surface area contributed by atoms with Gasteiger partial charge in [-0.25, -0.2) is 0 Å². The van der Waals surface area contributed by atoms with Gasteiger partial charge in [0, 0.05) is 13.7 Å². The van der Waals surface area contributed by atoms with Gasteiger partial charge in [-0.1, -0.05) is 35.5 Å². The molecule has 0 unspecified atom stereocenters. The third kappa shape index (κ3) is 5.51. The summed E-state index contributed by atoms with van der Waals surface area (Å²) in [7, 11) is 1.56. The molecule has 0 N–H and O–H groups in total. The zero-order chi connectivity index (χ0) is 19.9. The number of nitrogens with zero attached hydrogens (tertiary/aromatic N) is 1. The topological polar surface area (TPSA) is 75.6 Å². The highest BCUT2D eigenvalue weighted by Gasteiger charge is 2.45. The number of methoxy groups -OCH3 is 1. The second-order valence-electron chi connectivity index (χ2n) is 6.57. The van der Waals surface area contributed by atoms with E-state index in [0.717, 1.165) is 5.56 Å². The summed E-state index contributed by atoms with van der Waals surface area (Å²) in [4.78, 5) is 18.4. The van der Waals surface area contributed by atoms with Crippen molar-refractivity contribution in [3.63, 3.8) is 0 Å². The number of hydrogen-bond acceptors (Lipinski definition) is 7. The highest BCUT2D eigenvalue weighted by atomic mass is 16.8. The quantitative estimate of drug-likeness (QED) is 0.485. The third-order valence-electron chi connectivity index (χ3n) is 4.40. The fourth-order valence-corrected chi connectivity index (χ4v) is 2.87. The predicted octanol–water partition coefficient (Wildman–Crippen LogP) is 3.10. The largest absolute Gasteiger partial charge is 0.465 e. The lowest BCUT2D eigenvalue weighted by Crippen LogP contribution is -2.45. The predicted molar refractivity (Wildman–Crippen MR) is 100 cm³/mol. The Morgan fingerprint density at radius 2 is 1.89 bits per heavy atom. The Balaban J connectivity index is 2.38. The van der Waals surface area contributed by atoms with Crippen LogP contribution in [0.4, 0.5) is 0 Å². The van der Waals surface area contributed by atoms with Gasteiger partial charge in [-0.15, -0.1) is 0 Å². The van der Waals surface area contributed by atoms with Gasteiger partial charge in [0.15, 0.2) is 5.79 Å². The number of esters is 1. The molecule has 2 rings (SSSR count). The molecular weight excluding hydrogens is 350 g/mol. The minimum absolute atomic E-state index is 0.0759. The van der Waals surface area contributed by atoms with Gasteiger partial charge in [-0.05, 0) is 33.3 Å². The molecule has 0 aromatic heterocycles. The van der Waals surface area contributed by atoms with E-state index in [1.54, 1.807) is 27.9 Å². The molecule has 0 amide bonds. The second kappa shape index (κ2) is 9.82. The fourth-order valence-electron chi connectivity index (χ4n) is 2.87. The first-order chi connectivity index (χ1) is 12.9. The van der Waals surface area contributed by atoms with Crippen molar-refractivity contribution in [2.45, 2.75) is 45.7 Å². The highest BCUT2D eigenvalue weighted by molar-refractivity contribution is 6.04. The van der Waals surface area contributed by atoms with Crippen molar-refractivity contribution >= 4 is 11.7 Å². The molecule has 150 valence electrons. The minimum Gasteiger partial charge on any atom is -0.465 e. The molecule has 0 saturated carbocycles. The lowest BCUT2D eigenvalue weighted by atomic mass is 9.81. The zero-order valence-corrected chi connectivity index (χ0v) is 16.6. The number of carbonyl (C=O) groups excluding carboxylic acids is 1. The molecule has 7 nitrogen and oxygen atoms in total. The Morgan fingerprint density at radius 3 is 2.48 bits per heavy atom. The maximum absolute atomic E-state index is 12.8. The van der Waals surface area contributed by atoms with Gasteiger partial charge in [0.05, 0.1) is 24.8 Å². The van der Waals surface area contributed by atoms with Gasteiger partial charge < -0.3 is 23.8 Å². The lowest BCUT2D eigenvalue weighted by Gasteiger charge is -2.36. The van der Waals surface area contributed by atoms with E-state index in [4.69, 9.17) is 23.8 Å². The van der Waals surface area contributed by atoms with Gasteiger partial charge in [0.25, 0.3) is 0 Å². The maximum Gasteiger partial charge on any atom is 0.315 e. The molecule has 3 atom stereocenters. The molecule has 0 aliphatic carbocycles. The summed E-state index contributed by atoms with van der Waals surface area (Å²) in [5, 5.41) is 4.14. The van der Waals surface area contributed by atoms with Crippen molar-refractivity contribution in [2.75, 3.05) is 26.9 Å². The first-order valence-electron chi connectivity index (χ1n) is 9.18. The Bertz CT molecular complexity index is 631. The standard InChI is InChI=1S/C20H29NO6/c1-6-24-18(22)17-15(13-26-20(3,4)23-5)21-27-19(25-7-2)16(17)14-11-9-8-10-12-14/h8-12,16-17,19H,6-7,13H2,1-5H3/t16-,17+,19-/m1/s1. The molecule has 1 aromatic carbocycles. The number of oxime groups is 1. The highest BCUT2D eigenvalue weighted by Crippen LogP contribution is 2.36. The van der Waals surface area contributed by atoms with Crippen LogP contribution in [0.1, 0.15) is 39.2 Å². The van der Waals surface area contributed by atoms with E-state index in [0.29, 0.717) is 12.3 Å². The van der Waals surface area contributed by atoms with Crippen molar-refractivity contribution in [3.05, 3.63) is 35.9 Å². The fraction of sp³-hybridized carbons (Fsp3) is 0.600. The van der Waals surface area contributed by atoms with Crippen molar-refractivity contribution in [3.8, 4) is 0 Å². The molecule has 1 heterocycles. The summed E-state index contributed by atoms with van der Waals surface area (Å²) < 4.78 is 22.1. The Hall–Kier alpha value is -1.96. The Kier molecular flexibility index (Phi) is 7.77. The SMILES string of the molecule is CCOC(=O)[C@H]1C(COC(C)(C)OC)=NO[C@@H](OCC)[C@@H]1c1ccccc1. The molecule has 1 aromatic rings. The second-order valence-corrected chi connectivity index (χ2v) is 6.57. The van der Waals surface area contributed by atoms with Crippen molar-refractivity contribution in [1.82, 2.24) is 0 Å². The van der Waals surface area contributed by atoms with Crippen LogP contribution in [0, 0.1) is 5.92 Å². The van der Waals surface area contributed by atoms with E-state index in [1.807, 2.05) is 37.3 Å². The zero-order valence-electron chi connectivity index (χ0n) is 16.6. The number of rotatable bonds is 9. The van der Waals surface area contributed by atoms with Crippen LogP contribution in [-0.2, 0) is 28.6 Å². The molecule has 0 saturated heterocycles. The Labute approximate surface area is 160 Å². The number of ether oxygens (including phenoxy) is 4. The van der Waals surface area contributed by atoms with Crippen molar-refractivity contribution < 1.29 is 28.6 Å². The van der Waals surface area contributed by atoms with E-state index in [2.05, 4.69) is 5.16 Å². The van der Waals surface area contributed by atoms with Gasteiger partial charge in [0.1, 0.15) is 5.92 Å². The van der Waals surface area contributed by atoms with Crippen LogP contribution in [-0.4, -0.2) is 50.7 Å². The molecule has 27 heavy (non-hydrogen) atoms. The van der Waals surface area contributed by atoms with Crippen LogP contribution in [0.2, 0.25) is 0 Å². The molecule has 0 radical (unpaired) electrons.